The minimum atomic E-state index is -0.342. The number of nitrogens with zero attached hydrogens (tertiary/aromatic N) is 2. The lowest BCUT2D eigenvalue weighted by atomic mass is 10.3. The molecule has 0 aliphatic carbocycles. The Morgan fingerprint density at radius 3 is 2.74 bits per heavy atom. The summed E-state index contributed by atoms with van der Waals surface area (Å²) >= 11 is 0. The van der Waals surface area contributed by atoms with Gasteiger partial charge in [-0.1, -0.05) is 0 Å². The molecule has 3 rings (SSSR count). The molecule has 2 aromatic heterocycles. The predicted octanol–water partition coefficient (Wildman–Crippen LogP) is 2.88. The van der Waals surface area contributed by atoms with Crippen LogP contribution in [0, 0.1) is 5.82 Å². The molecule has 116 valence electrons. The van der Waals surface area contributed by atoms with Crippen LogP contribution in [0.4, 0.5) is 15.9 Å². The van der Waals surface area contributed by atoms with E-state index in [0.29, 0.717) is 17.3 Å². The summed E-state index contributed by atoms with van der Waals surface area (Å²) in [5.74, 6) is 0.425. The van der Waals surface area contributed by atoms with Crippen molar-refractivity contribution in [1.82, 2.24) is 15.3 Å². The lowest BCUT2D eigenvalue weighted by molar-refractivity contribution is 0.0943. The molecule has 0 saturated carbocycles. The van der Waals surface area contributed by atoms with E-state index >= 15 is 0 Å². The fourth-order valence-electron chi connectivity index (χ4n) is 1.90. The van der Waals surface area contributed by atoms with Gasteiger partial charge in [-0.2, -0.15) is 0 Å². The normalized spacial score (nSPS) is 10.3. The summed E-state index contributed by atoms with van der Waals surface area (Å²) in [7, 11) is 0. The van der Waals surface area contributed by atoms with Crippen LogP contribution in [-0.4, -0.2) is 15.9 Å². The second kappa shape index (κ2) is 6.69. The number of amides is 1. The maximum Gasteiger partial charge on any atom is 0.270 e. The lowest BCUT2D eigenvalue weighted by Gasteiger charge is -2.07. The minimum Gasteiger partial charge on any atom is -0.467 e. The van der Waals surface area contributed by atoms with E-state index in [2.05, 4.69) is 20.6 Å². The zero-order chi connectivity index (χ0) is 16.1. The summed E-state index contributed by atoms with van der Waals surface area (Å²) in [6, 6.07) is 10.8. The fourth-order valence-corrected chi connectivity index (χ4v) is 1.90. The first-order chi connectivity index (χ1) is 11.2. The van der Waals surface area contributed by atoms with Crippen molar-refractivity contribution in [2.24, 2.45) is 0 Å². The quantitative estimate of drug-likeness (QED) is 0.757. The Morgan fingerprint density at radius 1 is 1.17 bits per heavy atom. The SMILES string of the molecule is O=C(NCc1ccco1)c1cc(Nc2ccc(F)cc2)ncn1. The van der Waals surface area contributed by atoms with Gasteiger partial charge in [-0.25, -0.2) is 14.4 Å². The van der Waals surface area contributed by atoms with E-state index in [-0.39, 0.29) is 24.0 Å². The Morgan fingerprint density at radius 2 is 2.00 bits per heavy atom. The Hall–Kier alpha value is -3.22. The summed E-state index contributed by atoms with van der Waals surface area (Å²) in [5.41, 5.74) is 0.878. The van der Waals surface area contributed by atoms with Gasteiger partial charge in [0.2, 0.25) is 0 Å². The van der Waals surface area contributed by atoms with E-state index in [4.69, 9.17) is 4.42 Å². The highest BCUT2D eigenvalue weighted by molar-refractivity contribution is 5.92. The van der Waals surface area contributed by atoms with Crippen molar-refractivity contribution in [2.75, 3.05) is 5.32 Å². The van der Waals surface area contributed by atoms with E-state index in [0.717, 1.165) is 0 Å². The molecule has 3 aromatic rings. The van der Waals surface area contributed by atoms with Crippen LogP contribution in [0.15, 0.2) is 59.5 Å². The highest BCUT2D eigenvalue weighted by Crippen LogP contribution is 2.15. The van der Waals surface area contributed by atoms with Crippen LogP contribution in [0.5, 0.6) is 0 Å². The van der Waals surface area contributed by atoms with Gasteiger partial charge in [0.15, 0.2) is 0 Å². The summed E-state index contributed by atoms with van der Waals surface area (Å²) in [6.45, 7) is 0.274. The molecule has 2 heterocycles. The van der Waals surface area contributed by atoms with E-state index in [1.807, 2.05) is 0 Å². The number of rotatable bonds is 5. The van der Waals surface area contributed by atoms with Gasteiger partial charge in [-0.15, -0.1) is 0 Å². The number of carbonyl (C=O) groups is 1. The molecule has 1 aromatic carbocycles. The van der Waals surface area contributed by atoms with Crippen LogP contribution in [0.1, 0.15) is 16.2 Å². The van der Waals surface area contributed by atoms with E-state index in [9.17, 15) is 9.18 Å². The Bertz CT molecular complexity index is 788. The number of anilines is 2. The topological polar surface area (TPSA) is 80.0 Å². The fraction of sp³-hybridized carbons (Fsp3) is 0.0625. The van der Waals surface area contributed by atoms with Crippen molar-refractivity contribution in [3.8, 4) is 0 Å². The van der Waals surface area contributed by atoms with Crippen LogP contribution in [0.3, 0.4) is 0 Å². The third-order valence-electron chi connectivity index (χ3n) is 3.02. The van der Waals surface area contributed by atoms with Crippen molar-refractivity contribution in [3.63, 3.8) is 0 Å². The molecule has 7 heteroatoms. The number of furan rings is 1. The van der Waals surface area contributed by atoms with Gasteiger partial charge in [0, 0.05) is 11.8 Å². The highest BCUT2D eigenvalue weighted by atomic mass is 19.1. The maximum atomic E-state index is 12.9. The molecule has 0 aliphatic heterocycles. The van der Waals surface area contributed by atoms with E-state index in [1.54, 1.807) is 24.3 Å². The first-order valence-corrected chi connectivity index (χ1v) is 6.86. The second-order valence-electron chi connectivity index (χ2n) is 4.68. The average molecular weight is 312 g/mol. The van der Waals surface area contributed by atoms with Crippen molar-refractivity contribution < 1.29 is 13.6 Å². The van der Waals surface area contributed by atoms with E-state index in [1.165, 1.54) is 30.8 Å². The Kier molecular flexibility index (Phi) is 4.28. The number of halogens is 1. The average Bonchev–Trinajstić information content (AvgIpc) is 3.08. The predicted molar refractivity (Wildman–Crippen MR) is 81.6 cm³/mol. The highest BCUT2D eigenvalue weighted by Gasteiger charge is 2.09. The number of benzene rings is 1. The molecular formula is C16H13FN4O2. The molecule has 23 heavy (non-hydrogen) atoms. The molecule has 0 spiro atoms. The van der Waals surface area contributed by atoms with Gasteiger partial charge in [0.25, 0.3) is 5.91 Å². The van der Waals surface area contributed by atoms with Crippen LogP contribution in [-0.2, 0) is 6.54 Å². The van der Waals surface area contributed by atoms with Crippen LogP contribution < -0.4 is 10.6 Å². The van der Waals surface area contributed by atoms with Gasteiger partial charge in [-0.05, 0) is 36.4 Å². The Labute approximate surface area is 131 Å². The molecule has 0 saturated heterocycles. The molecule has 0 bridgehead atoms. The molecule has 0 atom stereocenters. The number of nitrogens with one attached hydrogen (secondary N) is 2. The molecular weight excluding hydrogens is 299 g/mol. The smallest absolute Gasteiger partial charge is 0.270 e. The number of hydrogen-bond acceptors (Lipinski definition) is 5. The minimum absolute atomic E-state index is 0.219. The summed E-state index contributed by atoms with van der Waals surface area (Å²) in [6.07, 6.45) is 2.82. The maximum absolute atomic E-state index is 12.9. The molecule has 0 aliphatic rings. The zero-order valence-electron chi connectivity index (χ0n) is 12.0. The van der Waals surface area contributed by atoms with Crippen molar-refractivity contribution in [2.45, 2.75) is 6.54 Å². The number of hydrogen-bond donors (Lipinski definition) is 2. The van der Waals surface area contributed by atoms with Crippen LogP contribution in [0.2, 0.25) is 0 Å². The molecule has 2 N–H and O–H groups in total. The van der Waals surface area contributed by atoms with Crippen molar-refractivity contribution in [3.05, 3.63) is 72.3 Å². The summed E-state index contributed by atoms with van der Waals surface area (Å²) in [5, 5.41) is 5.68. The van der Waals surface area contributed by atoms with Gasteiger partial charge < -0.3 is 15.1 Å². The Balaban J connectivity index is 1.66. The third-order valence-corrected chi connectivity index (χ3v) is 3.02. The molecule has 0 unspecified atom stereocenters. The first kappa shape index (κ1) is 14.7. The summed E-state index contributed by atoms with van der Waals surface area (Å²) < 4.78 is 18.0. The van der Waals surface area contributed by atoms with Gasteiger partial charge >= 0.3 is 0 Å². The molecule has 0 fully saturated rings. The van der Waals surface area contributed by atoms with Crippen LogP contribution >= 0.6 is 0 Å². The zero-order valence-corrected chi connectivity index (χ0v) is 12.0. The number of aromatic nitrogens is 2. The first-order valence-electron chi connectivity index (χ1n) is 6.86. The second-order valence-corrected chi connectivity index (χ2v) is 4.68. The van der Waals surface area contributed by atoms with Crippen molar-refractivity contribution >= 4 is 17.4 Å². The molecule has 0 radical (unpaired) electrons. The van der Waals surface area contributed by atoms with Gasteiger partial charge in [-0.3, -0.25) is 4.79 Å². The van der Waals surface area contributed by atoms with Gasteiger partial charge in [0.1, 0.15) is 29.4 Å². The lowest BCUT2D eigenvalue weighted by Crippen LogP contribution is -2.23. The molecule has 1 amide bonds. The largest absolute Gasteiger partial charge is 0.467 e. The standard InChI is InChI=1S/C16H13FN4O2/c17-11-3-5-12(6-4-11)21-15-8-14(19-10-20-15)16(22)18-9-13-2-1-7-23-13/h1-8,10H,9H2,(H,18,22)(H,19,20,21). The number of carbonyl (C=O) groups excluding carboxylic acids is 1. The van der Waals surface area contributed by atoms with Crippen LogP contribution in [0.25, 0.3) is 0 Å². The summed E-state index contributed by atoms with van der Waals surface area (Å²) in [4.78, 5) is 20.0. The van der Waals surface area contributed by atoms with Crippen molar-refractivity contribution in [1.29, 1.82) is 0 Å². The third kappa shape index (κ3) is 3.91. The van der Waals surface area contributed by atoms with E-state index < -0.39 is 0 Å². The van der Waals surface area contributed by atoms with Gasteiger partial charge in [0.05, 0.1) is 12.8 Å². The monoisotopic (exact) mass is 312 g/mol. The molecule has 6 nitrogen and oxygen atoms in total.